The van der Waals surface area contributed by atoms with Gasteiger partial charge in [0.1, 0.15) is 0 Å². The number of benzene rings is 1. The number of hydrogen-bond acceptors (Lipinski definition) is 4. The minimum Gasteiger partial charge on any atom is -0.489 e. The van der Waals surface area contributed by atoms with Crippen molar-refractivity contribution < 1.29 is 9.47 Å². The summed E-state index contributed by atoms with van der Waals surface area (Å²) < 4.78 is 14.3. The van der Waals surface area contributed by atoms with Gasteiger partial charge in [-0.15, -0.1) is 0 Å². The van der Waals surface area contributed by atoms with Crippen LogP contribution in [0.1, 0.15) is 105 Å². The molecule has 2 N–H and O–H groups in total. The highest BCUT2D eigenvalue weighted by atomic mass is 16.5. The average Bonchev–Trinajstić information content (AvgIpc) is 2.82. The fourth-order valence-corrected chi connectivity index (χ4v) is 4.46. The van der Waals surface area contributed by atoms with Gasteiger partial charge in [-0.2, -0.15) is 0 Å². The lowest BCUT2D eigenvalue weighted by Gasteiger charge is -2.20. The van der Waals surface area contributed by atoms with Crippen LogP contribution in [0.3, 0.4) is 0 Å². The molecule has 192 valence electrons. The minimum absolute atomic E-state index is 0.0982. The van der Waals surface area contributed by atoms with Crippen LogP contribution in [0.4, 0.5) is 5.69 Å². The topological polar surface area (TPSA) is 66.5 Å². The maximum Gasteiger partial charge on any atom is 0.297 e. The number of aromatic nitrogens is 1. The number of aryl methyl sites for hydroxylation is 1. The highest BCUT2D eigenvalue weighted by molar-refractivity contribution is 5.90. The molecule has 0 spiro atoms. The number of hydrogen-bond donors (Lipinski definition) is 1. The Kier molecular flexibility index (Phi) is 12.9. The number of rotatable bonds is 18. The van der Waals surface area contributed by atoms with Crippen LogP contribution in [0, 0.1) is 5.92 Å². The summed E-state index contributed by atoms with van der Waals surface area (Å²) in [4.78, 5) is 13.7. The summed E-state index contributed by atoms with van der Waals surface area (Å²) in [5.74, 6) is 1.33. The van der Waals surface area contributed by atoms with E-state index in [4.69, 9.17) is 15.2 Å². The highest BCUT2D eigenvalue weighted by Crippen LogP contribution is 2.34. The van der Waals surface area contributed by atoms with Crippen molar-refractivity contribution in [2.75, 3.05) is 18.9 Å². The molecule has 0 aliphatic rings. The molecule has 1 aromatic heterocycles. The van der Waals surface area contributed by atoms with Gasteiger partial charge in [0, 0.05) is 17.6 Å². The van der Waals surface area contributed by atoms with E-state index in [2.05, 4.69) is 27.7 Å². The summed E-state index contributed by atoms with van der Waals surface area (Å²) in [5.41, 5.74) is 7.54. The first kappa shape index (κ1) is 28.1. The van der Waals surface area contributed by atoms with Gasteiger partial charge in [-0.3, -0.25) is 4.79 Å². The number of unbranched alkanes of at least 4 members (excludes halogenated alkanes) is 8. The molecule has 5 nitrogen and oxygen atoms in total. The van der Waals surface area contributed by atoms with E-state index >= 15 is 0 Å². The van der Waals surface area contributed by atoms with Gasteiger partial charge in [-0.1, -0.05) is 85.5 Å². The molecule has 1 aromatic carbocycles. The first-order valence-corrected chi connectivity index (χ1v) is 13.7. The zero-order valence-electron chi connectivity index (χ0n) is 22.2. The predicted molar refractivity (Wildman–Crippen MR) is 145 cm³/mol. The molecule has 5 heteroatoms. The van der Waals surface area contributed by atoms with Gasteiger partial charge in [0.15, 0.2) is 5.75 Å². The fraction of sp³-hybridized carbons (Fsp3) is 0.690. The number of nitrogens with zero attached hydrogens (tertiary/aromatic N) is 1. The normalized spacial score (nSPS) is 12.2. The van der Waals surface area contributed by atoms with Crippen LogP contribution in [-0.4, -0.2) is 17.8 Å². The Hall–Kier alpha value is -2.17. The van der Waals surface area contributed by atoms with E-state index in [1.54, 1.807) is 0 Å². The quantitative estimate of drug-likeness (QED) is 0.178. The number of pyridine rings is 1. The van der Waals surface area contributed by atoms with Crippen molar-refractivity contribution in [3.63, 3.8) is 0 Å². The maximum atomic E-state index is 13.7. The molecule has 0 amide bonds. The summed E-state index contributed by atoms with van der Waals surface area (Å²) in [7, 11) is 0. The second-order valence-electron chi connectivity index (χ2n) is 9.77. The highest BCUT2D eigenvalue weighted by Gasteiger charge is 2.20. The van der Waals surface area contributed by atoms with Crippen molar-refractivity contribution in [2.24, 2.45) is 5.92 Å². The van der Waals surface area contributed by atoms with Gasteiger partial charge in [-0.05, 0) is 43.4 Å². The van der Waals surface area contributed by atoms with Gasteiger partial charge in [0.25, 0.3) is 5.56 Å². The Labute approximate surface area is 207 Å². The van der Waals surface area contributed by atoms with Crippen LogP contribution in [-0.2, 0) is 6.54 Å². The standard InChI is InChI=1S/C29H48N2O3/c1-5-8-10-12-13-14-19-31-26-21-24(30)17-18-25(26)27(33-20-15-11-9-6-2)28(29(31)32)34-22-23(4)16-7-3/h17-18,21,23H,5-16,19-20,22,30H2,1-4H3. The van der Waals surface area contributed by atoms with Crippen molar-refractivity contribution in [3.05, 3.63) is 28.6 Å². The second kappa shape index (κ2) is 15.7. The Bertz CT molecular complexity index is 906. The molecule has 0 radical (unpaired) electrons. The first-order valence-electron chi connectivity index (χ1n) is 13.7. The van der Waals surface area contributed by atoms with Crippen LogP contribution < -0.4 is 20.8 Å². The van der Waals surface area contributed by atoms with Crippen LogP contribution in [0.2, 0.25) is 0 Å². The summed E-state index contributed by atoms with van der Waals surface area (Å²) >= 11 is 0. The van der Waals surface area contributed by atoms with Crippen molar-refractivity contribution in [1.82, 2.24) is 4.57 Å². The molecule has 2 aromatic rings. The Morgan fingerprint density at radius 2 is 1.53 bits per heavy atom. The van der Waals surface area contributed by atoms with E-state index in [1.807, 2.05) is 22.8 Å². The molecule has 0 saturated carbocycles. The number of ether oxygens (including phenoxy) is 2. The molecule has 1 heterocycles. The molecule has 1 unspecified atom stereocenters. The molecular weight excluding hydrogens is 424 g/mol. The lowest BCUT2D eigenvalue weighted by Crippen LogP contribution is -2.25. The Balaban J connectivity index is 2.37. The van der Waals surface area contributed by atoms with Crippen molar-refractivity contribution in [1.29, 1.82) is 0 Å². The van der Waals surface area contributed by atoms with Gasteiger partial charge in [-0.25, -0.2) is 0 Å². The monoisotopic (exact) mass is 472 g/mol. The fourth-order valence-electron chi connectivity index (χ4n) is 4.46. The zero-order chi connectivity index (χ0) is 24.8. The molecule has 0 saturated heterocycles. The molecule has 0 aliphatic carbocycles. The molecule has 0 aliphatic heterocycles. The van der Waals surface area contributed by atoms with E-state index < -0.39 is 0 Å². The van der Waals surface area contributed by atoms with Crippen LogP contribution in [0.25, 0.3) is 10.9 Å². The lowest BCUT2D eigenvalue weighted by molar-refractivity contribution is 0.226. The van der Waals surface area contributed by atoms with Crippen molar-refractivity contribution in [2.45, 2.75) is 111 Å². The van der Waals surface area contributed by atoms with E-state index in [9.17, 15) is 4.79 Å². The number of anilines is 1. The summed E-state index contributed by atoms with van der Waals surface area (Å²) in [6.45, 7) is 10.6. The van der Waals surface area contributed by atoms with Gasteiger partial charge < -0.3 is 19.8 Å². The summed E-state index contributed by atoms with van der Waals surface area (Å²) in [6, 6.07) is 5.77. The SMILES string of the molecule is CCCCCCCCn1c(=O)c(OCC(C)CCC)c(OCCCCCC)c2ccc(N)cc21. The van der Waals surface area contributed by atoms with Gasteiger partial charge in [0.2, 0.25) is 5.75 Å². The molecule has 0 bridgehead atoms. The van der Waals surface area contributed by atoms with Crippen LogP contribution in [0.5, 0.6) is 11.5 Å². The lowest BCUT2D eigenvalue weighted by atomic mass is 10.1. The van der Waals surface area contributed by atoms with Gasteiger partial charge >= 0.3 is 0 Å². The van der Waals surface area contributed by atoms with E-state index in [0.717, 1.165) is 49.4 Å². The smallest absolute Gasteiger partial charge is 0.297 e. The molecular formula is C29H48N2O3. The van der Waals surface area contributed by atoms with Crippen LogP contribution in [0.15, 0.2) is 23.0 Å². The molecule has 2 rings (SSSR count). The number of nitrogen functional groups attached to an aromatic ring is 1. The van der Waals surface area contributed by atoms with E-state index in [0.29, 0.717) is 42.9 Å². The number of nitrogens with two attached hydrogens (primary N) is 1. The van der Waals surface area contributed by atoms with Crippen molar-refractivity contribution in [3.8, 4) is 11.5 Å². The minimum atomic E-state index is -0.0982. The predicted octanol–water partition coefficient (Wildman–Crippen LogP) is 7.72. The largest absolute Gasteiger partial charge is 0.489 e. The third kappa shape index (κ3) is 8.56. The maximum absolute atomic E-state index is 13.7. The van der Waals surface area contributed by atoms with Crippen molar-refractivity contribution >= 4 is 16.6 Å². The molecule has 34 heavy (non-hydrogen) atoms. The average molecular weight is 473 g/mol. The second-order valence-corrected chi connectivity index (χ2v) is 9.77. The van der Waals surface area contributed by atoms with Gasteiger partial charge in [0.05, 0.1) is 18.7 Å². The third-order valence-electron chi connectivity index (χ3n) is 6.48. The van der Waals surface area contributed by atoms with E-state index in [-0.39, 0.29) is 5.56 Å². The summed E-state index contributed by atoms with van der Waals surface area (Å²) in [6.07, 6.45) is 13.7. The van der Waals surface area contributed by atoms with Crippen LogP contribution >= 0.6 is 0 Å². The zero-order valence-corrected chi connectivity index (χ0v) is 22.2. The first-order chi connectivity index (χ1) is 16.5. The third-order valence-corrected chi connectivity index (χ3v) is 6.48. The molecule has 0 fully saturated rings. The van der Waals surface area contributed by atoms with E-state index in [1.165, 1.54) is 38.5 Å². The Morgan fingerprint density at radius 3 is 2.24 bits per heavy atom. The molecule has 1 atom stereocenters. The summed E-state index contributed by atoms with van der Waals surface area (Å²) in [5, 5.41) is 0.911. The number of fused-ring (bicyclic) bond motifs is 1. The Morgan fingerprint density at radius 1 is 0.853 bits per heavy atom.